The van der Waals surface area contributed by atoms with Crippen LogP contribution in [-0.2, 0) is 4.79 Å². The van der Waals surface area contributed by atoms with Gasteiger partial charge in [-0.15, -0.1) is 0 Å². The van der Waals surface area contributed by atoms with Gasteiger partial charge in [0.25, 0.3) is 5.91 Å². The second-order valence-electron chi connectivity index (χ2n) is 7.39. The number of likely N-dealkylation sites (N-methyl/N-ethyl adjacent to an activating group) is 1. The third-order valence-corrected chi connectivity index (χ3v) is 5.95. The van der Waals surface area contributed by atoms with E-state index in [0.717, 1.165) is 38.3 Å². The summed E-state index contributed by atoms with van der Waals surface area (Å²) < 4.78 is 5.78. The van der Waals surface area contributed by atoms with Gasteiger partial charge in [-0.05, 0) is 31.7 Å². The lowest BCUT2D eigenvalue weighted by Gasteiger charge is -2.35. The van der Waals surface area contributed by atoms with Gasteiger partial charge in [-0.1, -0.05) is 59.6 Å². The number of halogens is 2. The minimum absolute atomic E-state index is 0.118. The molecule has 1 aliphatic rings. The molecule has 0 aromatic heterocycles. The Morgan fingerprint density at radius 3 is 2.45 bits per heavy atom. The number of hydrogen-bond acceptors (Lipinski definition) is 4. The fraction of sp³-hybridized carbons (Fsp3) is 0.409. The third-order valence-electron chi connectivity index (χ3n) is 5.14. The molecule has 29 heavy (non-hydrogen) atoms. The summed E-state index contributed by atoms with van der Waals surface area (Å²) >= 11 is 12.2. The molecule has 1 fully saturated rings. The van der Waals surface area contributed by atoms with E-state index in [9.17, 15) is 4.79 Å². The summed E-state index contributed by atoms with van der Waals surface area (Å²) in [5.41, 5.74) is 1.08. The van der Waals surface area contributed by atoms with Crippen LogP contribution in [0.15, 0.2) is 48.5 Å². The first-order valence-corrected chi connectivity index (χ1v) is 10.6. The molecule has 2 aromatic rings. The van der Waals surface area contributed by atoms with Gasteiger partial charge in [-0.25, -0.2) is 0 Å². The molecule has 1 saturated heterocycles. The highest BCUT2D eigenvalue weighted by Crippen LogP contribution is 2.32. The number of hydrogen-bond donors (Lipinski definition) is 1. The standard InChI is InChI=1S/C22H27Cl2N3O2/c1-16(29-20-10-6-9-18(23)21(20)24)22(28)25-19(17-7-4-3-5-8-17)15-27-13-11-26(2)12-14-27/h3-10,16,19H,11-15H2,1-2H3,(H,25,28). The SMILES string of the molecule is CC(Oc1cccc(Cl)c1Cl)C(=O)NC(CN1CCN(C)CC1)c1ccccc1. The number of nitrogens with zero attached hydrogens (tertiary/aromatic N) is 2. The van der Waals surface area contributed by atoms with Gasteiger partial charge in [-0.2, -0.15) is 0 Å². The molecule has 3 rings (SSSR count). The number of amides is 1. The number of ether oxygens (including phenoxy) is 1. The largest absolute Gasteiger partial charge is 0.479 e. The predicted octanol–water partition coefficient (Wildman–Crippen LogP) is 3.87. The lowest BCUT2D eigenvalue weighted by Crippen LogP contribution is -2.49. The molecule has 0 bridgehead atoms. The smallest absolute Gasteiger partial charge is 0.261 e. The maximum absolute atomic E-state index is 12.9. The topological polar surface area (TPSA) is 44.8 Å². The van der Waals surface area contributed by atoms with Gasteiger partial charge in [0.2, 0.25) is 0 Å². The fourth-order valence-electron chi connectivity index (χ4n) is 3.32. The second kappa shape index (κ2) is 10.3. The molecular formula is C22H27Cl2N3O2. The van der Waals surface area contributed by atoms with E-state index < -0.39 is 6.10 Å². The molecule has 0 saturated carbocycles. The molecule has 7 heteroatoms. The molecule has 0 aliphatic carbocycles. The van der Waals surface area contributed by atoms with Gasteiger partial charge in [0.05, 0.1) is 11.1 Å². The fourth-order valence-corrected chi connectivity index (χ4v) is 3.65. The average molecular weight is 436 g/mol. The van der Waals surface area contributed by atoms with E-state index in [4.69, 9.17) is 27.9 Å². The monoisotopic (exact) mass is 435 g/mol. The van der Waals surface area contributed by atoms with E-state index in [1.165, 1.54) is 0 Å². The van der Waals surface area contributed by atoms with E-state index >= 15 is 0 Å². The Morgan fingerprint density at radius 2 is 1.76 bits per heavy atom. The van der Waals surface area contributed by atoms with Crippen molar-refractivity contribution in [3.8, 4) is 5.75 Å². The summed E-state index contributed by atoms with van der Waals surface area (Å²) in [5.74, 6) is 0.209. The molecule has 1 aliphatic heterocycles. The number of nitrogens with one attached hydrogen (secondary N) is 1. The summed E-state index contributed by atoms with van der Waals surface area (Å²) in [6, 6.07) is 15.1. The van der Waals surface area contributed by atoms with Crippen molar-refractivity contribution < 1.29 is 9.53 Å². The molecule has 2 atom stereocenters. The highest BCUT2D eigenvalue weighted by atomic mass is 35.5. The number of benzene rings is 2. The number of carbonyl (C=O) groups excluding carboxylic acids is 1. The van der Waals surface area contributed by atoms with Gasteiger partial charge >= 0.3 is 0 Å². The highest BCUT2D eigenvalue weighted by molar-refractivity contribution is 6.42. The summed E-state index contributed by atoms with van der Waals surface area (Å²) in [7, 11) is 2.13. The molecule has 0 spiro atoms. The van der Waals surface area contributed by atoms with Crippen LogP contribution in [0.2, 0.25) is 10.0 Å². The Morgan fingerprint density at radius 1 is 1.07 bits per heavy atom. The zero-order valence-corrected chi connectivity index (χ0v) is 18.3. The zero-order chi connectivity index (χ0) is 20.8. The van der Waals surface area contributed by atoms with E-state index in [1.54, 1.807) is 25.1 Å². The molecule has 156 valence electrons. The molecule has 1 heterocycles. The van der Waals surface area contributed by atoms with E-state index in [1.807, 2.05) is 30.3 Å². The highest BCUT2D eigenvalue weighted by Gasteiger charge is 2.24. The Kier molecular flexibility index (Phi) is 7.78. The van der Waals surface area contributed by atoms with Crippen LogP contribution < -0.4 is 10.1 Å². The first-order valence-electron chi connectivity index (χ1n) is 9.81. The van der Waals surface area contributed by atoms with E-state index in [-0.39, 0.29) is 11.9 Å². The minimum atomic E-state index is -0.704. The van der Waals surface area contributed by atoms with Crippen molar-refractivity contribution in [3.05, 3.63) is 64.1 Å². The molecular weight excluding hydrogens is 409 g/mol. The Hall–Kier alpha value is -1.79. The van der Waals surface area contributed by atoms with Crippen molar-refractivity contribution in [3.63, 3.8) is 0 Å². The van der Waals surface area contributed by atoms with Gasteiger partial charge in [0.15, 0.2) is 6.10 Å². The Bertz CT molecular complexity index is 811. The molecule has 0 radical (unpaired) electrons. The molecule has 2 aromatic carbocycles. The second-order valence-corrected chi connectivity index (χ2v) is 8.17. The molecule has 1 amide bonds. The molecule has 1 N–H and O–H groups in total. The Labute approximate surface area is 182 Å². The summed E-state index contributed by atoms with van der Waals surface area (Å²) in [4.78, 5) is 17.6. The number of piperazine rings is 1. The van der Waals surface area contributed by atoms with Crippen LogP contribution >= 0.6 is 23.2 Å². The normalized spacial score (nSPS) is 17.5. The van der Waals surface area contributed by atoms with E-state index in [2.05, 4.69) is 22.2 Å². The van der Waals surface area contributed by atoms with Crippen LogP contribution in [0.1, 0.15) is 18.5 Å². The first kappa shape index (κ1) is 21.9. The van der Waals surface area contributed by atoms with Gasteiger partial charge in [0.1, 0.15) is 10.8 Å². The maximum Gasteiger partial charge on any atom is 0.261 e. The zero-order valence-electron chi connectivity index (χ0n) is 16.8. The van der Waals surface area contributed by atoms with E-state index in [0.29, 0.717) is 15.8 Å². The third kappa shape index (κ3) is 6.09. The molecule has 5 nitrogen and oxygen atoms in total. The molecule has 2 unspecified atom stereocenters. The summed E-state index contributed by atoms with van der Waals surface area (Å²) in [6.07, 6.45) is -0.704. The quantitative estimate of drug-likeness (QED) is 0.716. The summed E-state index contributed by atoms with van der Waals surface area (Å²) in [6.45, 7) is 6.50. The maximum atomic E-state index is 12.9. The minimum Gasteiger partial charge on any atom is -0.479 e. The Balaban J connectivity index is 1.67. The van der Waals surface area contributed by atoms with Crippen molar-refractivity contribution in [2.75, 3.05) is 39.8 Å². The van der Waals surface area contributed by atoms with Crippen LogP contribution in [0.3, 0.4) is 0 Å². The van der Waals surface area contributed by atoms with Crippen molar-refractivity contribution in [2.45, 2.75) is 19.1 Å². The lowest BCUT2D eigenvalue weighted by atomic mass is 10.1. The number of carbonyl (C=O) groups is 1. The van der Waals surface area contributed by atoms with Crippen LogP contribution in [0.25, 0.3) is 0 Å². The van der Waals surface area contributed by atoms with Gasteiger partial charge in [0, 0.05) is 32.7 Å². The van der Waals surface area contributed by atoms with Crippen molar-refractivity contribution in [1.29, 1.82) is 0 Å². The van der Waals surface area contributed by atoms with Crippen LogP contribution in [-0.4, -0.2) is 61.6 Å². The van der Waals surface area contributed by atoms with Crippen LogP contribution in [0.5, 0.6) is 5.75 Å². The predicted molar refractivity (Wildman–Crippen MR) is 118 cm³/mol. The number of rotatable bonds is 7. The van der Waals surface area contributed by atoms with Crippen LogP contribution in [0.4, 0.5) is 0 Å². The van der Waals surface area contributed by atoms with Crippen LogP contribution in [0, 0.1) is 0 Å². The van der Waals surface area contributed by atoms with Gasteiger partial charge in [-0.3, -0.25) is 9.69 Å². The van der Waals surface area contributed by atoms with Crippen molar-refractivity contribution in [2.24, 2.45) is 0 Å². The van der Waals surface area contributed by atoms with Crippen molar-refractivity contribution >= 4 is 29.1 Å². The van der Waals surface area contributed by atoms with Gasteiger partial charge < -0.3 is 15.0 Å². The summed E-state index contributed by atoms with van der Waals surface area (Å²) in [5, 5.41) is 3.86. The van der Waals surface area contributed by atoms with Crippen molar-refractivity contribution in [1.82, 2.24) is 15.1 Å². The first-order chi connectivity index (χ1) is 13.9. The lowest BCUT2D eigenvalue weighted by molar-refractivity contribution is -0.128. The average Bonchev–Trinajstić information content (AvgIpc) is 2.73.